The molecule has 0 spiro atoms. The molecule has 2 heterocycles. The van der Waals surface area contributed by atoms with Crippen LogP contribution in [-0.2, 0) is 26.8 Å². The first-order valence-corrected chi connectivity index (χ1v) is 9.13. The van der Waals surface area contributed by atoms with Crippen LogP contribution in [0.25, 0.3) is 10.6 Å². The molecule has 0 aliphatic carbocycles. The molecule has 110 valence electrons. The van der Waals surface area contributed by atoms with E-state index < -0.39 is 7.60 Å². The van der Waals surface area contributed by atoms with Gasteiger partial charge in [-0.3, -0.25) is 9.25 Å². The summed E-state index contributed by atoms with van der Waals surface area (Å²) in [7, 11) is -1.22. The average Bonchev–Trinajstić information content (AvgIpc) is 2.99. The highest BCUT2D eigenvalue weighted by molar-refractivity contribution is 7.53. The predicted octanol–water partition coefficient (Wildman–Crippen LogP) is 3.91. The zero-order chi connectivity index (χ0) is 14.6. The van der Waals surface area contributed by atoms with Crippen LogP contribution in [0, 0.1) is 0 Å². The van der Waals surface area contributed by atoms with Crippen LogP contribution in [-0.4, -0.2) is 23.0 Å². The van der Waals surface area contributed by atoms with Crippen molar-refractivity contribution >= 4 is 18.9 Å². The van der Waals surface area contributed by atoms with Gasteiger partial charge in [0.15, 0.2) is 0 Å². The summed E-state index contributed by atoms with van der Waals surface area (Å²) in [6.07, 6.45) is 0.202. The minimum Gasteiger partial charge on any atom is -0.309 e. The van der Waals surface area contributed by atoms with Crippen molar-refractivity contribution in [2.75, 3.05) is 13.2 Å². The molecular formula is C13H19N2O3PS. The fourth-order valence-corrected chi connectivity index (χ4v) is 4.35. The van der Waals surface area contributed by atoms with Gasteiger partial charge in [0.2, 0.25) is 0 Å². The van der Waals surface area contributed by atoms with E-state index in [4.69, 9.17) is 9.05 Å². The second-order valence-corrected chi connectivity index (χ2v) is 7.23. The molecule has 0 aliphatic heterocycles. The van der Waals surface area contributed by atoms with Crippen LogP contribution in [0.1, 0.15) is 19.5 Å². The van der Waals surface area contributed by atoms with Crippen molar-refractivity contribution in [2.45, 2.75) is 20.0 Å². The Labute approximate surface area is 123 Å². The molecule has 0 aliphatic rings. The van der Waals surface area contributed by atoms with Crippen LogP contribution < -0.4 is 0 Å². The van der Waals surface area contributed by atoms with Gasteiger partial charge in [-0.1, -0.05) is 6.07 Å². The molecule has 0 saturated heterocycles. The van der Waals surface area contributed by atoms with Gasteiger partial charge in [-0.25, -0.2) is 0 Å². The van der Waals surface area contributed by atoms with Gasteiger partial charge >= 0.3 is 7.60 Å². The SMILES string of the molecule is CCOP(=O)(Cc1cc(-c2cccs2)n(C)n1)OCC. The van der Waals surface area contributed by atoms with E-state index in [9.17, 15) is 4.57 Å². The summed E-state index contributed by atoms with van der Waals surface area (Å²) in [5.74, 6) is 0. The van der Waals surface area contributed by atoms with Gasteiger partial charge in [0.05, 0.1) is 35.6 Å². The van der Waals surface area contributed by atoms with Crippen molar-refractivity contribution in [3.05, 3.63) is 29.3 Å². The largest absolute Gasteiger partial charge is 0.336 e. The molecule has 0 unspecified atom stereocenters. The Hall–Kier alpha value is -0.940. The van der Waals surface area contributed by atoms with E-state index in [-0.39, 0.29) is 6.16 Å². The van der Waals surface area contributed by atoms with Crippen LogP contribution in [0.15, 0.2) is 23.6 Å². The first-order chi connectivity index (χ1) is 9.58. The van der Waals surface area contributed by atoms with Gasteiger partial charge in [0.25, 0.3) is 0 Å². The molecule has 0 aromatic carbocycles. The van der Waals surface area contributed by atoms with Gasteiger partial charge < -0.3 is 9.05 Å². The highest BCUT2D eigenvalue weighted by Crippen LogP contribution is 2.51. The summed E-state index contributed by atoms with van der Waals surface area (Å²) < 4.78 is 24.9. The van der Waals surface area contributed by atoms with Crippen molar-refractivity contribution in [1.82, 2.24) is 9.78 Å². The average molecular weight is 314 g/mol. The van der Waals surface area contributed by atoms with Crippen molar-refractivity contribution in [3.63, 3.8) is 0 Å². The third kappa shape index (κ3) is 3.58. The van der Waals surface area contributed by atoms with E-state index >= 15 is 0 Å². The number of aromatic nitrogens is 2. The van der Waals surface area contributed by atoms with E-state index in [2.05, 4.69) is 5.10 Å². The van der Waals surface area contributed by atoms with Gasteiger partial charge in [-0.15, -0.1) is 11.3 Å². The number of hydrogen-bond donors (Lipinski definition) is 0. The molecule has 0 radical (unpaired) electrons. The monoisotopic (exact) mass is 314 g/mol. The van der Waals surface area contributed by atoms with Crippen LogP contribution in [0.4, 0.5) is 0 Å². The Morgan fingerprint density at radius 1 is 1.35 bits per heavy atom. The van der Waals surface area contributed by atoms with E-state index in [1.54, 1.807) is 29.9 Å². The molecular weight excluding hydrogens is 295 g/mol. The number of nitrogens with zero attached hydrogens (tertiary/aromatic N) is 2. The lowest BCUT2D eigenvalue weighted by Gasteiger charge is -2.15. The summed E-state index contributed by atoms with van der Waals surface area (Å²) in [6.45, 7) is 4.34. The van der Waals surface area contributed by atoms with Crippen LogP contribution in [0.3, 0.4) is 0 Å². The smallest absolute Gasteiger partial charge is 0.309 e. The summed E-state index contributed by atoms with van der Waals surface area (Å²) >= 11 is 1.65. The predicted molar refractivity (Wildman–Crippen MR) is 81.1 cm³/mol. The minimum atomic E-state index is -3.10. The Morgan fingerprint density at radius 2 is 2.05 bits per heavy atom. The Balaban J connectivity index is 2.22. The van der Waals surface area contributed by atoms with Gasteiger partial charge in [-0.05, 0) is 31.4 Å². The maximum Gasteiger partial charge on any atom is 0.336 e. The maximum atomic E-state index is 12.5. The number of aryl methyl sites for hydroxylation is 1. The van der Waals surface area contributed by atoms with Crippen LogP contribution in [0.2, 0.25) is 0 Å². The summed E-state index contributed by atoms with van der Waals surface area (Å²) in [4.78, 5) is 1.13. The molecule has 20 heavy (non-hydrogen) atoms. The molecule has 0 atom stereocenters. The van der Waals surface area contributed by atoms with Crippen molar-refractivity contribution in [3.8, 4) is 10.6 Å². The normalized spacial score (nSPS) is 11.9. The number of rotatable bonds is 7. The first-order valence-electron chi connectivity index (χ1n) is 6.53. The quantitative estimate of drug-likeness (QED) is 0.727. The fourth-order valence-electron chi connectivity index (χ4n) is 1.98. The van der Waals surface area contributed by atoms with E-state index in [0.29, 0.717) is 13.2 Å². The highest BCUT2D eigenvalue weighted by Gasteiger charge is 2.26. The molecule has 0 N–H and O–H groups in total. The second kappa shape index (κ2) is 6.68. The molecule has 0 saturated carbocycles. The van der Waals surface area contributed by atoms with Crippen LogP contribution >= 0.6 is 18.9 Å². The first kappa shape index (κ1) is 15.4. The molecule has 0 fully saturated rings. The summed E-state index contributed by atoms with van der Waals surface area (Å²) in [6, 6.07) is 5.98. The maximum absolute atomic E-state index is 12.5. The lowest BCUT2D eigenvalue weighted by Crippen LogP contribution is -2.00. The third-order valence-electron chi connectivity index (χ3n) is 2.71. The Morgan fingerprint density at radius 3 is 2.60 bits per heavy atom. The molecule has 0 bridgehead atoms. The van der Waals surface area contributed by atoms with E-state index in [1.807, 2.05) is 30.6 Å². The molecule has 5 nitrogen and oxygen atoms in total. The molecule has 2 aromatic rings. The molecule has 2 rings (SSSR count). The van der Waals surface area contributed by atoms with Gasteiger partial charge in [-0.2, -0.15) is 5.10 Å². The topological polar surface area (TPSA) is 53.4 Å². The Kier molecular flexibility index (Phi) is 5.16. The zero-order valence-corrected chi connectivity index (χ0v) is 13.6. The van der Waals surface area contributed by atoms with E-state index in [1.165, 1.54) is 0 Å². The van der Waals surface area contributed by atoms with Crippen molar-refractivity contribution in [1.29, 1.82) is 0 Å². The van der Waals surface area contributed by atoms with Gasteiger partial charge in [0.1, 0.15) is 0 Å². The molecule has 2 aromatic heterocycles. The summed E-state index contributed by atoms with van der Waals surface area (Å²) in [5.41, 5.74) is 1.73. The van der Waals surface area contributed by atoms with Crippen molar-refractivity contribution < 1.29 is 13.6 Å². The number of thiophene rings is 1. The highest BCUT2D eigenvalue weighted by atomic mass is 32.1. The van der Waals surface area contributed by atoms with Crippen molar-refractivity contribution in [2.24, 2.45) is 7.05 Å². The standard InChI is InChI=1S/C13H19N2O3PS/c1-4-17-19(16,18-5-2)10-11-9-12(15(3)14-11)13-7-6-8-20-13/h6-9H,4-5,10H2,1-3H3. The number of hydrogen-bond acceptors (Lipinski definition) is 5. The third-order valence-corrected chi connectivity index (χ3v) is 5.62. The lowest BCUT2D eigenvalue weighted by molar-refractivity contribution is 0.219. The van der Waals surface area contributed by atoms with E-state index in [0.717, 1.165) is 16.3 Å². The molecule has 0 amide bonds. The zero-order valence-electron chi connectivity index (χ0n) is 11.9. The Bertz CT molecular complexity index is 585. The second-order valence-electron chi connectivity index (χ2n) is 4.23. The minimum absolute atomic E-state index is 0.202. The fraction of sp³-hybridized carbons (Fsp3) is 0.462. The van der Waals surface area contributed by atoms with Gasteiger partial charge in [0, 0.05) is 7.05 Å². The summed E-state index contributed by atoms with van der Waals surface area (Å²) in [5, 5.41) is 6.43. The van der Waals surface area contributed by atoms with Crippen LogP contribution in [0.5, 0.6) is 0 Å². The molecule has 7 heteroatoms. The lowest BCUT2D eigenvalue weighted by atomic mass is 10.3.